The third-order valence-electron chi connectivity index (χ3n) is 3.91. The molecule has 0 atom stereocenters. The van der Waals surface area contributed by atoms with Crippen molar-refractivity contribution in [2.24, 2.45) is 0 Å². The van der Waals surface area contributed by atoms with Gasteiger partial charge in [0.15, 0.2) is 0 Å². The van der Waals surface area contributed by atoms with E-state index in [1.807, 2.05) is 9.47 Å². The molecule has 1 fully saturated rings. The van der Waals surface area contributed by atoms with Gasteiger partial charge in [-0.15, -0.1) is 0 Å². The van der Waals surface area contributed by atoms with Crippen molar-refractivity contribution in [3.05, 3.63) is 17.7 Å². The van der Waals surface area contributed by atoms with Gasteiger partial charge in [0.25, 0.3) is 5.91 Å². The Balaban J connectivity index is 1.84. The number of likely N-dealkylation sites (tertiary alicyclic amines) is 1. The van der Waals surface area contributed by atoms with Gasteiger partial charge in [-0.05, 0) is 12.8 Å². The molecule has 0 radical (unpaired) electrons. The molecule has 0 unspecified atom stereocenters. The minimum Gasteiger partial charge on any atom is -0.337 e. The van der Waals surface area contributed by atoms with Crippen LogP contribution >= 0.6 is 0 Å². The predicted molar refractivity (Wildman–Crippen MR) is 72.6 cm³/mol. The van der Waals surface area contributed by atoms with Crippen LogP contribution in [0.5, 0.6) is 0 Å². The van der Waals surface area contributed by atoms with Gasteiger partial charge in [0.1, 0.15) is 11.5 Å². The maximum Gasteiger partial charge on any atom is 0.272 e. The molecule has 1 amide bonds. The number of imidazole rings is 1. The van der Waals surface area contributed by atoms with E-state index in [2.05, 4.69) is 4.98 Å². The van der Waals surface area contributed by atoms with Gasteiger partial charge < -0.3 is 9.47 Å². The molecule has 3 rings (SSSR count). The van der Waals surface area contributed by atoms with Crippen molar-refractivity contribution >= 4 is 15.9 Å². The second-order valence-electron chi connectivity index (χ2n) is 5.31. The van der Waals surface area contributed by atoms with E-state index in [1.54, 1.807) is 6.20 Å². The first-order valence-corrected chi connectivity index (χ1v) is 8.60. The molecule has 1 aromatic heterocycles. The molecule has 7 nitrogen and oxygen atoms in total. The quantitative estimate of drug-likeness (QED) is 0.764. The Bertz CT molecular complexity index is 631. The Kier molecular flexibility index (Phi) is 3.29. The first kappa shape index (κ1) is 13.6. The van der Waals surface area contributed by atoms with Crippen LogP contribution in [0, 0.1) is 0 Å². The normalized spacial score (nSPS) is 20.1. The molecule has 0 bridgehead atoms. The number of hydrogen-bond acceptors (Lipinski definition) is 4. The molecular formula is C12H18N4O3S. The third kappa shape index (κ3) is 2.33. The molecule has 0 aliphatic carbocycles. The van der Waals surface area contributed by atoms with Crippen LogP contribution in [-0.2, 0) is 23.1 Å². The van der Waals surface area contributed by atoms with Crippen molar-refractivity contribution in [3.63, 3.8) is 0 Å². The van der Waals surface area contributed by atoms with Crippen molar-refractivity contribution < 1.29 is 13.2 Å². The van der Waals surface area contributed by atoms with Gasteiger partial charge in [-0.1, -0.05) is 0 Å². The van der Waals surface area contributed by atoms with Gasteiger partial charge in [0, 0.05) is 26.2 Å². The summed E-state index contributed by atoms with van der Waals surface area (Å²) in [5.74, 6) is 0.651. The fraction of sp³-hybridized carbons (Fsp3) is 0.667. The number of amides is 1. The summed E-state index contributed by atoms with van der Waals surface area (Å²) < 4.78 is 26.4. The first-order valence-electron chi connectivity index (χ1n) is 6.75. The summed E-state index contributed by atoms with van der Waals surface area (Å²) >= 11 is 0. The molecule has 0 N–H and O–H groups in total. The zero-order chi connectivity index (χ0) is 14.3. The summed E-state index contributed by atoms with van der Waals surface area (Å²) in [5, 5.41) is 0. The molecule has 1 aromatic rings. The first-order chi connectivity index (χ1) is 9.47. The SMILES string of the molecule is CS(=O)(=O)N1CCn2c(C(=O)N3CCCC3)cnc2C1. The van der Waals surface area contributed by atoms with Crippen molar-refractivity contribution in [1.82, 2.24) is 18.8 Å². The maximum atomic E-state index is 12.4. The van der Waals surface area contributed by atoms with Crippen LogP contribution in [-0.4, -0.2) is 59.0 Å². The van der Waals surface area contributed by atoms with Gasteiger partial charge in [0.2, 0.25) is 10.0 Å². The number of nitrogens with zero attached hydrogens (tertiary/aromatic N) is 4. The molecule has 110 valence electrons. The van der Waals surface area contributed by atoms with Crippen molar-refractivity contribution in [2.45, 2.75) is 25.9 Å². The molecule has 3 heterocycles. The Hall–Kier alpha value is -1.41. The lowest BCUT2D eigenvalue weighted by Gasteiger charge is -2.27. The number of sulfonamides is 1. The third-order valence-corrected chi connectivity index (χ3v) is 5.16. The molecule has 0 spiro atoms. The molecular weight excluding hydrogens is 280 g/mol. The van der Waals surface area contributed by atoms with Crippen molar-refractivity contribution in [2.75, 3.05) is 25.9 Å². The highest BCUT2D eigenvalue weighted by Crippen LogP contribution is 2.19. The average molecular weight is 298 g/mol. The summed E-state index contributed by atoms with van der Waals surface area (Å²) in [4.78, 5) is 18.5. The molecule has 1 saturated heterocycles. The number of fused-ring (bicyclic) bond motifs is 1. The number of carbonyl (C=O) groups is 1. The topological polar surface area (TPSA) is 75.5 Å². The fourth-order valence-electron chi connectivity index (χ4n) is 2.77. The van der Waals surface area contributed by atoms with Crippen molar-refractivity contribution in [1.29, 1.82) is 0 Å². The molecule has 2 aliphatic rings. The lowest BCUT2D eigenvalue weighted by atomic mass is 10.3. The van der Waals surface area contributed by atoms with E-state index < -0.39 is 10.0 Å². The van der Waals surface area contributed by atoms with Crippen LogP contribution in [0.1, 0.15) is 29.2 Å². The molecule has 0 aromatic carbocycles. The second-order valence-corrected chi connectivity index (χ2v) is 7.29. The average Bonchev–Trinajstić information content (AvgIpc) is 3.06. The largest absolute Gasteiger partial charge is 0.337 e. The standard InChI is InChI=1S/C12H18N4O3S/c1-20(18,19)15-6-7-16-10(8-13-11(16)9-15)12(17)14-4-2-3-5-14/h8H,2-7,9H2,1H3. The van der Waals surface area contributed by atoms with E-state index in [0.717, 1.165) is 25.9 Å². The molecule has 0 saturated carbocycles. The summed E-state index contributed by atoms with van der Waals surface area (Å²) in [6.45, 7) is 2.72. The van der Waals surface area contributed by atoms with Gasteiger partial charge >= 0.3 is 0 Å². The highest BCUT2D eigenvalue weighted by atomic mass is 32.2. The lowest BCUT2D eigenvalue weighted by Crippen LogP contribution is -2.39. The second kappa shape index (κ2) is 4.85. The predicted octanol–water partition coefficient (Wildman–Crippen LogP) is -0.106. The van der Waals surface area contributed by atoms with Crippen LogP contribution in [0.25, 0.3) is 0 Å². The molecule has 20 heavy (non-hydrogen) atoms. The van der Waals surface area contributed by atoms with E-state index in [-0.39, 0.29) is 12.5 Å². The highest BCUT2D eigenvalue weighted by molar-refractivity contribution is 7.88. The van der Waals surface area contributed by atoms with Crippen LogP contribution in [0.3, 0.4) is 0 Å². The van der Waals surface area contributed by atoms with E-state index >= 15 is 0 Å². The molecule has 8 heteroatoms. The maximum absolute atomic E-state index is 12.4. The number of aromatic nitrogens is 2. The van der Waals surface area contributed by atoms with E-state index in [9.17, 15) is 13.2 Å². The summed E-state index contributed by atoms with van der Waals surface area (Å²) in [6.07, 6.45) is 4.87. The van der Waals surface area contributed by atoms with Gasteiger partial charge in [-0.25, -0.2) is 13.4 Å². The summed E-state index contributed by atoms with van der Waals surface area (Å²) in [7, 11) is -3.21. The Morgan fingerprint density at radius 3 is 2.55 bits per heavy atom. The van der Waals surface area contributed by atoms with Gasteiger partial charge in [-0.3, -0.25) is 4.79 Å². The number of carbonyl (C=O) groups excluding carboxylic acids is 1. The van der Waals surface area contributed by atoms with E-state index in [0.29, 0.717) is 24.6 Å². The monoisotopic (exact) mass is 298 g/mol. The zero-order valence-electron chi connectivity index (χ0n) is 11.4. The molecule has 2 aliphatic heterocycles. The minimum atomic E-state index is -3.21. The fourth-order valence-corrected chi connectivity index (χ4v) is 3.54. The lowest BCUT2D eigenvalue weighted by molar-refractivity contribution is 0.0780. The van der Waals surface area contributed by atoms with Crippen molar-refractivity contribution in [3.8, 4) is 0 Å². The van der Waals surface area contributed by atoms with Crippen LogP contribution in [0.15, 0.2) is 6.20 Å². The van der Waals surface area contributed by atoms with Gasteiger partial charge in [0.05, 0.1) is 19.0 Å². The minimum absolute atomic E-state index is 0.00838. The summed E-state index contributed by atoms with van der Waals surface area (Å²) in [5.41, 5.74) is 0.579. The zero-order valence-corrected chi connectivity index (χ0v) is 12.3. The van der Waals surface area contributed by atoms with Crippen LogP contribution < -0.4 is 0 Å². The number of rotatable bonds is 2. The summed E-state index contributed by atoms with van der Waals surface area (Å²) in [6, 6.07) is 0. The van der Waals surface area contributed by atoms with Crippen LogP contribution in [0.2, 0.25) is 0 Å². The Morgan fingerprint density at radius 1 is 1.20 bits per heavy atom. The van der Waals surface area contributed by atoms with Gasteiger partial charge in [-0.2, -0.15) is 4.31 Å². The van der Waals surface area contributed by atoms with Crippen LogP contribution in [0.4, 0.5) is 0 Å². The Morgan fingerprint density at radius 2 is 1.90 bits per heavy atom. The smallest absolute Gasteiger partial charge is 0.272 e. The highest BCUT2D eigenvalue weighted by Gasteiger charge is 2.29. The number of hydrogen-bond donors (Lipinski definition) is 0. The Labute approximate surface area is 118 Å². The van der Waals surface area contributed by atoms with E-state index in [4.69, 9.17) is 0 Å². The van der Waals surface area contributed by atoms with E-state index in [1.165, 1.54) is 10.6 Å².